The third-order valence-corrected chi connectivity index (χ3v) is 3.45. The lowest BCUT2D eigenvalue weighted by Crippen LogP contribution is -2.50. The number of benzene rings is 1. The van der Waals surface area contributed by atoms with Gasteiger partial charge in [0, 0.05) is 12.7 Å². The van der Waals surface area contributed by atoms with Crippen LogP contribution in [-0.4, -0.2) is 38.6 Å². The van der Waals surface area contributed by atoms with Crippen LogP contribution in [0.1, 0.15) is 19.7 Å². The van der Waals surface area contributed by atoms with Crippen molar-refractivity contribution >= 4 is 28.5 Å². The van der Waals surface area contributed by atoms with Crippen LogP contribution in [0.4, 0.5) is 18.9 Å². The predicted molar refractivity (Wildman–Crippen MR) is 83.7 cm³/mol. The Balaban J connectivity index is 2.22. The number of nitrogens with zero attached hydrogens (tertiary/aromatic N) is 2. The van der Waals surface area contributed by atoms with Gasteiger partial charge in [0.2, 0.25) is 5.82 Å². The molecule has 0 saturated carbocycles. The number of aryl methyl sites for hydroxylation is 1. The minimum Gasteiger partial charge on any atom is -0.394 e. The zero-order valence-electron chi connectivity index (χ0n) is 13.7. The maximum atomic E-state index is 12.9. The number of halogens is 3. The number of carbonyl (C=O) groups is 2. The highest BCUT2D eigenvalue weighted by atomic mass is 19.4. The van der Waals surface area contributed by atoms with E-state index >= 15 is 0 Å². The van der Waals surface area contributed by atoms with E-state index in [-0.39, 0.29) is 23.3 Å². The van der Waals surface area contributed by atoms with Crippen molar-refractivity contribution in [3.05, 3.63) is 24.0 Å². The van der Waals surface area contributed by atoms with E-state index in [4.69, 9.17) is 5.11 Å². The summed E-state index contributed by atoms with van der Waals surface area (Å²) in [5.74, 6) is -3.04. The quantitative estimate of drug-likeness (QED) is 0.723. The topological polar surface area (TPSA) is 96.2 Å². The van der Waals surface area contributed by atoms with E-state index in [0.717, 1.165) is 4.57 Å². The Morgan fingerprint density at radius 2 is 1.88 bits per heavy atom. The summed E-state index contributed by atoms with van der Waals surface area (Å²) >= 11 is 0. The summed E-state index contributed by atoms with van der Waals surface area (Å²) in [6, 6.07) is 3.97. The van der Waals surface area contributed by atoms with Crippen LogP contribution >= 0.6 is 0 Å². The molecule has 136 valence electrons. The Labute approximate surface area is 140 Å². The number of alkyl halides is 3. The van der Waals surface area contributed by atoms with E-state index < -0.39 is 29.4 Å². The van der Waals surface area contributed by atoms with Crippen molar-refractivity contribution < 1.29 is 27.9 Å². The average molecular weight is 358 g/mol. The van der Waals surface area contributed by atoms with Crippen molar-refractivity contribution in [3.8, 4) is 0 Å². The average Bonchev–Trinajstić information content (AvgIpc) is 2.83. The highest BCUT2D eigenvalue weighted by molar-refractivity contribution is 6.39. The van der Waals surface area contributed by atoms with Gasteiger partial charge in [-0.2, -0.15) is 13.2 Å². The van der Waals surface area contributed by atoms with Crippen LogP contribution in [0.25, 0.3) is 11.0 Å². The number of carbonyl (C=O) groups excluding carboxylic acids is 2. The van der Waals surface area contributed by atoms with Crippen molar-refractivity contribution in [1.29, 1.82) is 0 Å². The minimum atomic E-state index is -4.60. The van der Waals surface area contributed by atoms with Crippen LogP contribution in [0.2, 0.25) is 0 Å². The molecule has 0 aliphatic heterocycles. The molecule has 25 heavy (non-hydrogen) atoms. The third-order valence-electron chi connectivity index (χ3n) is 3.45. The number of aliphatic hydroxyl groups is 1. The Morgan fingerprint density at radius 1 is 1.24 bits per heavy atom. The monoisotopic (exact) mass is 358 g/mol. The number of rotatable bonds is 3. The molecule has 2 amide bonds. The maximum Gasteiger partial charge on any atom is 0.449 e. The third kappa shape index (κ3) is 4.08. The molecule has 7 nitrogen and oxygen atoms in total. The van der Waals surface area contributed by atoms with Gasteiger partial charge in [0.15, 0.2) is 0 Å². The van der Waals surface area contributed by atoms with Crippen LogP contribution in [0.5, 0.6) is 0 Å². The largest absolute Gasteiger partial charge is 0.449 e. The van der Waals surface area contributed by atoms with Crippen LogP contribution in [0.3, 0.4) is 0 Å². The van der Waals surface area contributed by atoms with Crippen molar-refractivity contribution in [1.82, 2.24) is 14.9 Å². The zero-order valence-corrected chi connectivity index (χ0v) is 13.7. The van der Waals surface area contributed by atoms with Gasteiger partial charge in [-0.05, 0) is 32.0 Å². The number of hydrogen-bond donors (Lipinski definition) is 3. The van der Waals surface area contributed by atoms with Crippen LogP contribution < -0.4 is 10.6 Å². The lowest BCUT2D eigenvalue weighted by Gasteiger charge is -2.22. The summed E-state index contributed by atoms with van der Waals surface area (Å²) in [5, 5.41) is 13.7. The van der Waals surface area contributed by atoms with Gasteiger partial charge >= 0.3 is 18.0 Å². The molecule has 0 radical (unpaired) electrons. The van der Waals surface area contributed by atoms with E-state index in [0.29, 0.717) is 0 Å². The van der Waals surface area contributed by atoms with Gasteiger partial charge in [0.1, 0.15) is 0 Å². The predicted octanol–water partition coefficient (Wildman–Crippen LogP) is 1.42. The van der Waals surface area contributed by atoms with Gasteiger partial charge in [0.25, 0.3) is 0 Å². The van der Waals surface area contributed by atoms with Gasteiger partial charge < -0.3 is 20.3 Å². The highest BCUT2D eigenvalue weighted by Gasteiger charge is 2.36. The molecule has 0 fully saturated rings. The number of fused-ring (bicyclic) bond motifs is 1. The molecule has 0 spiro atoms. The van der Waals surface area contributed by atoms with E-state index in [1.165, 1.54) is 39.1 Å². The number of aromatic nitrogens is 2. The number of hydrogen-bond acceptors (Lipinski definition) is 4. The van der Waals surface area contributed by atoms with Gasteiger partial charge in [-0.25, -0.2) is 4.98 Å². The normalized spacial score (nSPS) is 12.3. The smallest absolute Gasteiger partial charge is 0.394 e. The second kappa shape index (κ2) is 6.36. The molecule has 0 aliphatic carbocycles. The fraction of sp³-hybridized carbons (Fsp3) is 0.400. The Morgan fingerprint density at radius 3 is 2.44 bits per heavy atom. The molecular formula is C15H17F3N4O3. The van der Waals surface area contributed by atoms with E-state index in [1.54, 1.807) is 0 Å². The molecule has 10 heteroatoms. The van der Waals surface area contributed by atoms with E-state index in [2.05, 4.69) is 15.6 Å². The molecule has 2 rings (SSSR count). The first kappa shape index (κ1) is 18.7. The van der Waals surface area contributed by atoms with Gasteiger partial charge in [-0.3, -0.25) is 9.59 Å². The lowest BCUT2D eigenvalue weighted by molar-refractivity contribution is -0.146. The summed E-state index contributed by atoms with van der Waals surface area (Å²) in [6.45, 7) is 2.68. The Bertz CT molecular complexity index is 827. The molecule has 0 atom stereocenters. The molecule has 0 bridgehead atoms. The molecular weight excluding hydrogens is 341 g/mol. The van der Waals surface area contributed by atoms with Crippen LogP contribution in [-0.2, 0) is 22.8 Å². The molecule has 0 aliphatic rings. The van der Waals surface area contributed by atoms with Gasteiger partial charge in [-0.15, -0.1) is 0 Å². The SMILES string of the molecule is Cn1c(C(F)(F)F)nc2cc(NC(=O)C(=O)NC(C)(C)CO)ccc21. The van der Waals surface area contributed by atoms with Crippen LogP contribution in [0, 0.1) is 0 Å². The number of amides is 2. The molecule has 0 unspecified atom stereocenters. The number of anilines is 1. The second-order valence-electron chi connectivity index (χ2n) is 6.15. The van der Waals surface area contributed by atoms with Crippen molar-refractivity contribution in [3.63, 3.8) is 0 Å². The van der Waals surface area contributed by atoms with E-state index in [1.807, 2.05) is 0 Å². The standard InChI is InChI=1S/C15H17F3N4O3/c1-14(2,7-23)21-12(25)11(24)19-8-4-5-10-9(6-8)20-13(22(10)3)15(16,17)18/h4-6,23H,7H2,1-3H3,(H,19,24)(H,21,25). The Hall–Kier alpha value is -2.62. The van der Waals surface area contributed by atoms with Crippen molar-refractivity contribution in [2.75, 3.05) is 11.9 Å². The number of nitrogens with one attached hydrogen (secondary N) is 2. The second-order valence-corrected chi connectivity index (χ2v) is 6.15. The summed E-state index contributed by atoms with van der Waals surface area (Å²) in [6.07, 6.45) is -4.60. The molecule has 2 aromatic rings. The first-order valence-electron chi connectivity index (χ1n) is 7.22. The molecule has 0 saturated heterocycles. The lowest BCUT2D eigenvalue weighted by atomic mass is 10.1. The zero-order chi connectivity index (χ0) is 19.0. The van der Waals surface area contributed by atoms with Crippen LogP contribution in [0.15, 0.2) is 18.2 Å². The van der Waals surface area contributed by atoms with Gasteiger partial charge in [0.05, 0.1) is 23.2 Å². The van der Waals surface area contributed by atoms with Crippen molar-refractivity contribution in [2.24, 2.45) is 7.05 Å². The Kier molecular flexibility index (Phi) is 4.76. The molecule has 1 heterocycles. The molecule has 3 N–H and O–H groups in total. The number of imidazole rings is 1. The van der Waals surface area contributed by atoms with Crippen molar-refractivity contribution in [2.45, 2.75) is 25.6 Å². The first-order chi connectivity index (χ1) is 11.4. The summed E-state index contributed by atoms with van der Waals surface area (Å²) < 4.78 is 39.5. The van der Waals surface area contributed by atoms with Gasteiger partial charge in [-0.1, -0.05) is 0 Å². The number of aliphatic hydroxyl groups excluding tert-OH is 1. The van der Waals surface area contributed by atoms with E-state index in [9.17, 15) is 22.8 Å². The fourth-order valence-corrected chi connectivity index (χ4v) is 2.12. The first-order valence-corrected chi connectivity index (χ1v) is 7.22. The molecule has 1 aromatic carbocycles. The summed E-state index contributed by atoms with van der Waals surface area (Å²) in [7, 11) is 1.24. The highest BCUT2D eigenvalue weighted by Crippen LogP contribution is 2.31. The molecule has 1 aromatic heterocycles. The summed E-state index contributed by atoms with van der Waals surface area (Å²) in [4.78, 5) is 27.2. The summed E-state index contributed by atoms with van der Waals surface area (Å²) in [5.41, 5.74) is -0.595. The minimum absolute atomic E-state index is 0.0312. The maximum absolute atomic E-state index is 12.9. The fourth-order valence-electron chi connectivity index (χ4n) is 2.12.